The van der Waals surface area contributed by atoms with Crippen molar-refractivity contribution >= 4 is 22.8 Å². The van der Waals surface area contributed by atoms with E-state index in [9.17, 15) is 14.4 Å². The number of likely N-dealkylation sites (N-methyl/N-ethyl adjacent to an activating group) is 1. The smallest absolute Gasteiger partial charge is 0.345 e. The van der Waals surface area contributed by atoms with E-state index in [0.717, 1.165) is 16.5 Å². The molecule has 0 fully saturated rings. The van der Waals surface area contributed by atoms with Crippen molar-refractivity contribution < 1.29 is 14.3 Å². The number of nitrogens with zero attached hydrogens (tertiary/aromatic N) is 3. The monoisotopic (exact) mass is 417 g/mol. The van der Waals surface area contributed by atoms with Gasteiger partial charge in [0.05, 0.1) is 23.4 Å². The van der Waals surface area contributed by atoms with Crippen LogP contribution in [0.5, 0.6) is 0 Å². The van der Waals surface area contributed by atoms with Crippen LogP contribution in [0.15, 0.2) is 41.2 Å². The molecule has 2 aliphatic heterocycles. The fraction of sp³-hybridized carbons (Fsp3) is 0.333. The van der Waals surface area contributed by atoms with E-state index in [1.54, 1.807) is 22.5 Å². The highest BCUT2D eigenvalue weighted by Crippen LogP contribution is 2.42. The molecule has 0 radical (unpaired) electrons. The predicted molar refractivity (Wildman–Crippen MR) is 116 cm³/mol. The summed E-state index contributed by atoms with van der Waals surface area (Å²) in [6.07, 6.45) is 0.252. The highest BCUT2D eigenvalue weighted by molar-refractivity contribution is 6.02. The van der Waals surface area contributed by atoms with Crippen LogP contribution >= 0.6 is 0 Å². The van der Waals surface area contributed by atoms with Crippen LogP contribution in [0.3, 0.4) is 0 Å². The summed E-state index contributed by atoms with van der Waals surface area (Å²) in [5.74, 6) is -1.02. The summed E-state index contributed by atoms with van der Waals surface area (Å²) >= 11 is 0. The Labute approximate surface area is 179 Å². The van der Waals surface area contributed by atoms with Gasteiger partial charge in [0.25, 0.3) is 11.5 Å². The number of para-hydroxylation sites is 1. The fourth-order valence-electron chi connectivity index (χ4n) is 4.79. The number of amides is 1. The van der Waals surface area contributed by atoms with Crippen molar-refractivity contribution in [1.29, 1.82) is 0 Å². The van der Waals surface area contributed by atoms with Crippen LogP contribution in [0.1, 0.15) is 48.7 Å². The maximum Gasteiger partial charge on any atom is 0.345 e. The second kappa shape index (κ2) is 6.77. The molecule has 2 aliphatic rings. The molecule has 0 N–H and O–H groups in total. The molecule has 3 aromatic rings. The van der Waals surface area contributed by atoms with Crippen LogP contribution in [-0.4, -0.2) is 39.4 Å². The number of esters is 1. The molecule has 1 aromatic carbocycles. The lowest BCUT2D eigenvalue weighted by Crippen LogP contribution is -2.47. The SMILES string of the molecule is CCN(CC)C(=O)[C@@]1(CC)OC(=O)c2c1cc1n(c2=O)Cc2cc3ccccc3nc2-1. The summed E-state index contributed by atoms with van der Waals surface area (Å²) in [4.78, 5) is 46.0. The average molecular weight is 417 g/mol. The molecule has 5 rings (SSSR count). The van der Waals surface area contributed by atoms with Gasteiger partial charge in [0.15, 0.2) is 0 Å². The minimum atomic E-state index is -1.48. The van der Waals surface area contributed by atoms with Crippen LogP contribution in [-0.2, 0) is 21.7 Å². The second-order valence-corrected chi connectivity index (χ2v) is 7.95. The number of cyclic esters (lactones) is 1. The van der Waals surface area contributed by atoms with Gasteiger partial charge in [0, 0.05) is 29.6 Å². The highest BCUT2D eigenvalue weighted by Gasteiger charge is 2.54. The maximum absolute atomic E-state index is 13.4. The second-order valence-electron chi connectivity index (χ2n) is 7.95. The normalized spacial score (nSPS) is 18.5. The molecule has 2 aromatic heterocycles. The van der Waals surface area contributed by atoms with E-state index < -0.39 is 17.1 Å². The summed E-state index contributed by atoms with van der Waals surface area (Å²) < 4.78 is 7.23. The van der Waals surface area contributed by atoms with Crippen molar-refractivity contribution in [3.8, 4) is 11.4 Å². The van der Waals surface area contributed by atoms with Gasteiger partial charge < -0.3 is 14.2 Å². The zero-order valence-corrected chi connectivity index (χ0v) is 17.8. The molecule has 1 amide bonds. The van der Waals surface area contributed by atoms with Gasteiger partial charge in [0.1, 0.15) is 5.56 Å². The summed E-state index contributed by atoms with van der Waals surface area (Å²) in [5.41, 5.74) is 1.49. The largest absolute Gasteiger partial charge is 0.440 e. The van der Waals surface area contributed by atoms with E-state index in [0.29, 0.717) is 36.6 Å². The third kappa shape index (κ3) is 2.52. The molecule has 31 heavy (non-hydrogen) atoms. The first kappa shape index (κ1) is 19.5. The molecular formula is C24H23N3O4. The number of carbonyl (C=O) groups is 2. The molecule has 158 valence electrons. The fourth-order valence-corrected chi connectivity index (χ4v) is 4.79. The number of benzene rings is 1. The van der Waals surface area contributed by atoms with Crippen molar-refractivity contribution in [2.24, 2.45) is 0 Å². The molecule has 0 unspecified atom stereocenters. The van der Waals surface area contributed by atoms with Crippen LogP contribution in [0.4, 0.5) is 0 Å². The Hall–Kier alpha value is -3.48. The maximum atomic E-state index is 13.4. The lowest BCUT2D eigenvalue weighted by atomic mass is 9.88. The molecule has 0 spiro atoms. The molecule has 0 saturated carbocycles. The van der Waals surface area contributed by atoms with Crippen molar-refractivity contribution in [1.82, 2.24) is 14.5 Å². The van der Waals surface area contributed by atoms with E-state index in [4.69, 9.17) is 9.72 Å². The molecule has 4 heterocycles. The highest BCUT2D eigenvalue weighted by atomic mass is 16.6. The van der Waals surface area contributed by atoms with E-state index in [1.807, 2.05) is 44.2 Å². The summed E-state index contributed by atoms with van der Waals surface area (Å²) in [6, 6.07) is 11.6. The summed E-state index contributed by atoms with van der Waals surface area (Å²) in [6.45, 7) is 6.88. The van der Waals surface area contributed by atoms with Gasteiger partial charge in [0.2, 0.25) is 5.60 Å². The third-order valence-corrected chi connectivity index (χ3v) is 6.47. The number of hydrogen-bond donors (Lipinski definition) is 0. The number of ether oxygens (including phenoxy) is 1. The zero-order chi connectivity index (χ0) is 21.9. The van der Waals surface area contributed by atoms with Gasteiger partial charge >= 0.3 is 5.97 Å². The molecular weight excluding hydrogens is 394 g/mol. The Balaban J connectivity index is 1.76. The van der Waals surface area contributed by atoms with Crippen LogP contribution in [0, 0.1) is 0 Å². The zero-order valence-electron chi connectivity index (χ0n) is 17.8. The van der Waals surface area contributed by atoms with Gasteiger partial charge in [-0.2, -0.15) is 0 Å². The van der Waals surface area contributed by atoms with Gasteiger partial charge in [-0.3, -0.25) is 9.59 Å². The first-order valence-corrected chi connectivity index (χ1v) is 10.6. The number of hydrogen-bond acceptors (Lipinski definition) is 5. The topological polar surface area (TPSA) is 81.5 Å². The third-order valence-electron chi connectivity index (χ3n) is 6.47. The van der Waals surface area contributed by atoms with Crippen molar-refractivity contribution in [2.75, 3.05) is 13.1 Å². The van der Waals surface area contributed by atoms with E-state index in [1.165, 1.54) is 0 Å². The van der Waals surface area contributed by atoms with E-state index in [2.05, 4.69) is 0 Å². The van der Waals surface area contributed by atoms with Gasteiger partial charge in [-0.25, -0.2) is 9.78 Å². The first-order valence-electron chi connectivity index (χ1n) is 10.6. The molecule has 0 saturated heterocycles. The summed E-state index contributed by atoms with van der Waals surface area (Å²) in [5, 5.41) is 0.994. The predicted octanol–water partition coefficient (Wildman–Crippen LogP) is 3.07. The molecule has 7 heteroatoms. The Bertz CT molecular complexity index is 1320. The average Bonchev–Trinajstić information content (AvgIpc) is 3.28. The number of rotatable bonds is 4. The van der Waals surface area contributed by atoms with Gasteiger partial charge in [-0.1, -0.05) is 25.1 Å². The lowest BCUT2D eigenvalue weighted by Gasteiger charge is -2.32. The Morgan fingerprint density at radius 2 is 1.90 bits per heavy atom. The van der Waals surface area contributed by atoms with Crippen LogP contribution < -0.4 is 5.56 Å². The van der Waals surface area contributed by atoms with Crippen LogP contribution in [0.25, 0.3) is 22.3 Å². The minimum absolute atomic E-state index is 0.0385. The molecule has 7 nitrogen and oxygen atoms in total. The van der Waals surface area contributed by atoms with E-state index in [-0.39, 0.29) is 17.9 Å². The number of pyridine rings is 2. The first-order chi connectivity index (χ1) is 14.9. The van der Waals surface area contributed by atoms with Crippen molar-refractivity contribution in [2.45, 2.75) is 39.3 Å². The van der Waals surface area contributed by atoms with E-state index >= 15 is 0 Å². The number of aromatic nitrogens is 2. The molecule has 1 atom stereocenters. The Kier molecular flexibility index (Phi) is 4.25. The molecule has 0 bridgehead atoms. The Morgan fingerprint density at radius 3 is 2.61 bits per heavy atom. The summed E-state index contributed by atoms with van der Waals surface area (Å²) in [7, 11) is 0. The van der Waals surface area contributed by atoms with Gasteiger partial charge in [-0.05, 0) is 38.5 Å². The standard InChI is InChI=1S/C24H23N3O4/c1-4-24(23(30)26(5-2)6-3)16-12-18-20-15(11-14-9-7-8-10-17(14)25-20)13-27(18)21(28)19(16)22(29)31-24/h7-12H,4-6,13H2,1-3H3/t24-/m0/s1. The number of carbonyl (C=O) groups excluding carboxylic acids is 2. The van der Waals surface area contributed by atoms with Gasteiger partial charge in [-0.15, -0.1) is 0 Å². The minimum Gasteiger partial charge on any atom is -0.440 e. The van der Waals surface area contributed by atoms with Crippen molar-refractivity contribution in [3.63, 3.8) is 0 Å². The Morgan fingerprint density at radius 1 is 1.16 bits per heavy atom. The van der Waals surface area contributed by atoms with Crippen LogP contribution in [0.2, 0.25) is 0 Å². The lowest BCUT2D eigenvalue weighted by molar-refractivity contribution is -0.152. The quantitative estimate of drug-likeness (QED) is 0.477. The number of fused-ring (bicyclic) bond motifs is 5. The van der Waals surface area contributed by atoms with Crippen molar-refractivity contribution in [3.05, 3.63) is 63.4 Å². The molecule has 0 aliphatic carbocycles.